The summed E-state index contributed by atoms with van der Waals surface area (Å²) >= 11 is 0. The molecule has 0 radical (unpaired) electrons. The molecule has 1 aliphatic carbocycles. The number of alkyl halides is 3. The lowest BCUT2D eigenvalue weighted by Gasteiger charge is -2.34. The number of methoxy groups -OCH3 is 1. The number of rotatable bonds is 7. The zero-order chi connectivity index (χ0) is 26.9. The molecule has 0 N–H and O–H groups in total. The van der Waals surface area contributed by atoms with Crippen molar-refractivity contribution in [3.8, 4) is 11.4 Å². The molecule has 12 heteroatoms. The number of hydrogen-bond acceptors (Lipinski definition) is 7. The molecular weight excluding hydrogens is 494 g/mol. The Labute approximate surface area is 211 Å². The number of carbonyl (C=O) groups excluding carboxylic acids is 1. The minimum absolute atomic E-state index is 0.0936. The van der Waals surface area contributed by atoms with E-state index in [1.54, 1.807) is 25.2 Å². The third-order valence-electron chi connectivity index (χ3n) is 6.53. The van der Waals surface area contributed by atoms with E-state index in [-0.39, 0.29) is 29.7 Å². The fourth-order valence-corrected chi connectivity index (χ4v) is 4.95. The van der Waals surface area contributed by atoms with Gasteiger partial charge >= 0.3 is 12.1 Å². The Balaban J connectivity index is 1.79. The van der Waals surface area contributed by atoms with Crippen LogP contribution in [0.2, 0.25) is 0 Å². The Morgan fingerprint density at radius 2 is 1.84 bits per heavy atom. The summed E-state index contributed by atoms with van der Waals surface area (Å²) in [6, 6.07) is 10.2. The standard InChI is InChI=1S/C25H27F4N5O3/c1-14(2)37-21-12-9-17(34-24(25(27,28)29)30-31-32-34)13-20(21)33(3)19-11-10-18(23(35)36-4)22(19)15-5-7-16(26)8-6-15/h5-9,12-14,18-19,22H,10-11H2,1-4H3. The van der Waals surface area contributed by atoms with Crippen LogP contribution < -0.4 is 9.64 Å². The van der Waals surface area contributed by atoms with Gasteiger partial charge in [-0.25, -0.2) is 4.39 Å². The maximum absolute atomic E-state index is 13.7. The summed E-state index contributed by atoms with van der Waals surface area (Å²) in [5.41, 5.74) is 1.35. The number of ether oxygens (including phenoxy) is 2. The molecule has 37 heavy (non-hydrogen) atoms. The van der Waals surface area contributed by atoms with Crippen molar-refractivity contribution in [3.05, 3.63) is 59.7 Å². The highest BCUT2D eigenvalue weighted by Gasteiger charge is 2.44. The van der Waals surface area contributed by atoms with Gasteiger partial charge in [0.25, 0.3) is 5.82 Å². The van der Waals surface area contributed by atoms with Gasteiger partial charge in [-0.3, -0.25) is 4.79 Å². The lowest BCUT2D eigenvalue weighted by molar-refractivity contribution is -0.147. The molecule has 4 rings (SSSR count). The highest BCUT2D eigenvalue weighted by Crippen LogP contribution is 2.46. The Kier molecular flexibility index (Phi) is 7.37. The summed E-state index contributed by atoms with van der Waals surface area (Å²) in [6.45, 7) is 3.68. The predicted octanol–water partition coefficient (Wildman–Crippen LogP) is 4.78. The van der Waals surface area contributed by atoms with Gasteiger partial charge < -0.3 is 14.4 Å². The molecular formula is C25H27F4N5O3. The summed E-state index contributed by atoms with van der Waals surface area (Å²) in [5.74, 6) is -2.41. The van der Waals surface area contributed by atoms with E-state index in [0.717, 1.165) is 5.56 Å². The number of likely N-dealkylation sites (N-methyl/N-ethyl adjacent to an activating group) is 1. The molecule has 198 valence electrons. The molecule has 1 saturated carbocycles. The van der Waals surface area contributed by atoms with Crippen LogP contribution in [-0.2, 0) is 15.7 Å². The van der Waals surface area contributed by atoms with Gasteiger partial charge in [0.1, 0.15) is 11.6 Å². The van der Waals surface area contributed by atoms with E-state index in [1.165, 1.54) is 31.4 Å². The van der Waals surface area contributed by atoms with Crippen molar-refractivity contribution in [2.24, 2.45) is 5.92 Å². The van der Waals surface area contributed by atoms with Crippen LogP contribution in [0.3, 0.4) is 0 Å². The van der Waals surface area contributed by atoms with Gasteiger partial charge in [0.05, 0.1) is 30.5 Å². The lowest BCUT2D eigenvalue weighted by atomic mass is 9.86. The minimum Gasteiger partial charge on any atom is -0.489 e. The molecule has 1 aromatic heterocycles. The number of halogens is 4. The average Bonchev–Trinajstić information content (AvgIpc) is 3.51. The fourth-order valence-electron chi connectivity index (χ4n) is 4.95. The van der Waals surface area contributed by atoms with Crippen molar-refractivity contribution < 1.29 is 31.8 Å². The quantitative estimate of drug-likeness (QED) is 0.327. The van der Waals surface area contributed by atoms with Crippen LogP contribution in [0.4, 0.5) is 23.2 Å². The van der Waals surface area contributed by atoms with E-state index in [9.17, 15) is 22.4 Å². The van der Waals surface area contributed by atoms with Crippen molar-refractivity contribution in [2.45, 2.75) is 50.9 Å². The number of hydrogen-bond donors (Lipinski definition) is 0. The molecule has 1 heterocycles. The average molecular weight is 522 g/mol. The van der Waals surface area contributed by atoms with Gasteiger partial charge in [0, 0.05) is 19.0 Å². The van der Waals surface area contributed by atoms with E-state index < -0.39 is 23.7 Å². The number of esters is 1. The second-order valence-corrected chi connectivity index (χ2v) is 9.19. The monoisotopic (exact) mass is 521 g/mol. The highest BCUT2D eigenvalue weighted by molar-refractivity contribution is 5.75. The van der Waals surface area contributed by atoms with Crippen LogP contribution in [0, 0.1) is 11.7 Å². The molecule has 1 fully saturated rings. The number of anilines is 1. The number of aromatic nitrogens is 4. The van der Waals surface area contributed by atoms with Crippen LogP contribution >= 0.6 is 0 Å². The van der Waals surface area contributed by atoms with Crippen LogP contribution in [-0.4, -0.2) is 52.5 Å². The molecule has 3 atom stereocenters. The van der Waals surface area contributed by atoms with Crippen LogP contribution in [0.1, 0.15) is 44.0 Å². The first-order valence-corrected chi connectivity index (χ1v) is 11.7. The van der Waals surface area contributed by atoms with E-state index >= 15 is 0 Å². The van der Waals surface area contributed by atoms with E-state index in [1.807, 2.05) is 18.7 Å². The summed E-state index contributed by atoms with van der Waals surface area (Å²) < 4.78 is 65.7. The van der Waals surface area contributed by atoms with Crippen molar-refractivity contribution in [1.29, 1.82) is 0 Å². The summed E-state index contributed by atoms with van der Waals surface area (Å²) in [6.07, 6.45) is -3.86. The first kappa shape index (κ1) is 26.4. The minimum atomic E-state index is -4.75. The summed E-state index contributed by atoms with van der Waals surface area (Å²) in [4.78, 5) is 14.5. The first-order chi connectivity index (χ1) is 17.5. The Morgan fingerprint density at radius 1 is 1.14 bits per heavy atom. The Hall–Kier alpha value is -3.70. The molecule has 1 aliphatic rings. The van der Waals surface area contributed by atoms with E-state index in [4.69, 9.17) is 9.47 Å². The number of benzene rings is 2. The zero-order valence-electron chi connectivity index (χ0n) is 20.7. The predicted molar refractivity (Wildman–Crippen MR) is 126 cm³/mol. The molecule has 0 amide bonds. The van der Waals surface area contributed by atoms with E-state index in [2.05, 4.69) is 15.5 Å². The van der Waals surface area contributed by atoms with Gasteiger partial charge in [-0.15, -0.1) is 5.10 Å². The highest BCUT2D eigenvalue weighted by atomic mass is 19.4. The Morgan fingerprint density at radius 3 is 2.46 bits per heavy atom. The first-order valence-electron chi connectivity index (χ1n) is 11.7. The third kappa shape index (κ3) is 5.37. The molecule has 3 aromatic rings. The molecule has 8 nitrogen and oxygen atoms in total. The molecule has 0 saturated heterocycles. The molecule has 0 bridgehead atoms. The van der Waals surface area contributed by atoms with Gasteiger partial charge in [0.2, 0.25) is 0 Å². The van der Waals surface area contributed by atoms with Gasteiger partial charge in [-0.05, 0) is 73.0 Å². The second-order valence-electron chi connectivity index (χ2n) is 9.19. The van der Waals surface area contributed by atoms with Gasteiger partial charge in [-0.2, -0.15) is 17.9 Å². The molecule has 3 unspecified atom stereocenters. The van der Waals surface area contributed by atoms with Crippen LogP contribution in [0.25, 0.3) is 5.69 Å². The summed E-state index contributed by atoms with van der Waals surface area (Å²) in [5, 5.41) is 9.87. The molecule has 2 aromatic carbocycles. The van der Waals surface area contributed by atoms with Gasteiger partial charge in [-0.1, -0.05) is 12.1 Å². The van der Waals surface area contributed by atoms with Crippen LogP contribution in [0.5, 0.6) is 5.75 Å². The van der Waals surface area contributed by atoms with Crippen LogP contribution in [0.15, 0.2) is 42.5 Å². The zero-order valence-corrected chi connectivity index (χ0v) is 20.7. The molecule has 0 aliphatic heterocycles. The topological polar surface area (TPSA) is 82.4 Å². The van der Waals surface area contributed by atoms with Crippen molar-refractivity contribution in [1.82, 2.24) is 20.2 Å². The number of nitrogens with zero attached hydrogens (tertiary/aromatic N) is 5. The van der Waals surface area contributed by atoms with Crippen molar-refractivity contribution in [2.75, 3.05) is 19.1 Å². The number of carbonyl (C=O) groups is 1. The Bertz CT molecular complexity index is 1250. The van der Waals surface area contributed by atoms with E-state index in [0.29, 0.717) is 29.0 Å². The maximum atomic E-state index is 13.7. The second kappa shape index (κ2) is 10.3. The summed E-state index contributed by atoms with van der Waals surface area (Å²) in [7, 11) is 3.11. The lowest BCUT2D eigenvalue weighted by Crippen LogP contribution is -2.37. The smallest absolute Gasteiger partial charge is 0.453 e. The van der Waals surface area contributed by atoms with Crippen molar-refractivity contribution in [3.63, 3.8) is 0 Å². The fraction of sp³-hybridized carbons (Fsp3) is 0.440. The number of tetrazole rings is 1. The van der Waals surface area contributed by atoms with Gasteiger partial charge in [0.15, 0.2) is 0 Å². The van der Waals surface area contributed by atoms with Crippen molar-refractivity contribution >= 4 is 11.7 Å². The molecule has 0 spiro atoms. The normalized spacial score (nSPS) is 19.8. The maximum Gasteiger partial charge on any atom is 0.453 e. The third-order valence-corrected chi connectivity index (χ3v) is 6.53. The largest absolute Gasteiger partial charge is 0.489 e. The SMILES string of the molecule is COC(=O)C1CCC(N(C)c2cc(-n3nnnc3C(F)(F)F)ccc2OC(C)C)C1c1ccc(F)cc1.